The van der Waals surface area contributed by atoms with Gasteiger partial charge in [0.25, 0.3) is 0 Å². The molecule has 2 N–H and O–H groups in total. The fraction of sp³-hybridized carbons (Fsp3) is 0.412. The molecule has 0 saturated heterocycles. The number of phenolic OH excluding ortho intramolecular Hbond substituents is 1. The summed E-state index contributed by atoms with van der Waals surface area (Å²) in [5, 5.41) is 14.1. The van der Waals surface area contributed by atoms with Crippen LogP contribution in [-0.4, -0.2) is 20.9 Å². The van der Waals surface area contributed by atoms with E-state index < -0.39 is 0 Å². The SMILES string of the molecule is O=C(Nn1nccc1C1CC(c2ccccc2O)C1)C1CC1. The first kappa shape index (κ1) is 13.4. The normalized spacial score (nSPS) is 23.8. The molecule has 1 aromatic carbocycles. The van der Waals surface area contributed by atoms with E-state index in [1.807, 2.05) is 24.3 Å². The monoisotopic (exact) mass is 297 g/mol. The molecule has 2 fully saturated rings. The van der Waals surface area contributed by atoms with Gasteiger partial charge in [-0.2, -0.15) is 9.89 Å². The Bertz CT molecular complexity index is 699. The highest BCUT2D eigenvalue weighted by atomic mass is 16.3. The Kier molecular flexibility index (Phi) is 3.13. The topological polar surface area (TPSA) is 67.2 Å². The molecule has 2 aliphatic carbocycles. The molecule has 0 unspecified atom stereocenters. The zero-order valence-corrected chi connectivity index (χ0v) is 12.3. The van der Waals surface area contributed by atoms with Crippen LogP contribution in [0.1, 0.15) is 48.8 Å². The molecule has 0 radical (unpaired) electrons. The second kappa shape index (κ2) is 5.16. The Balaban J connectivity index is 1.44. The van der Waals surface area contributed by atoms with Crippen LogP contribution in [-0.2, 0) is 4.79 Å². The minimum Gasteiger partial charge on any atom is -0.508 e. The smallest absolute Gasteiger partial charge is 0.243 e. The third-order valence-corrected chi connectivity index (χ3v) is 4.77. The zero-order chi connectivity index (χ0) is 15.1. The maximum Gasteiger partial charge on any atom is 0.243 e. The first-order valence-electron chi connectivity index (χ1n) is 7.85. The average Bonchev–Trinajstić information content (AvgIpc) is 3.22. The quantitative estimate of drug-likeness (QED) is 0.912. The second-order valence-electron chi connectivity index (χ2n) is 6.34. The third-order valence-electron chi connectivity index (χ3n) is 4.77. The van der Waals surface area contributed by atoms with Crippen LogP contribution in [0.4, 0.5) is 0 Å². The lowest BCUT2D eigenvalue weighted by Crippen LogP contribution is -2.30. The summed E-state index contributed by atoms with van der Waals surface area (Å²) in [5.41, 5.74) is 4.96. The van der Waals surface area contributed by atoms with Crippen LogP contribution in [0.5, 0.6) is 5.75 Å². The zero-order valence-electron chi connectivity index (χ0n) is 12.3. The van der Waals surface area contributed by atoms with E-state index in [2.05, 4.69) is 10.5 Å². The van der Waals surface area contributed by atoms with Crippen LogP contribution in [0.25, 0.3) is 0 Å². The molecule has 0 spiro atoms. The molecule has 2 aromatic rings. The van der Waals surface area contributed by atoms with Crippen molar-refractivity contribution in [1.29, 1.82) is 0 Å². The van der Waals surface area contributed by atoms with E-state index in [1.54, 1.807) is 17.1 Å². The van der Waals surface area contributed by atoms with Crippen molar-refractivity contribution in [3.63, 3.8) is 0 Å². The van der Waals surface area contributed by atoms with Gasteiger partial charge in [0.1, 0.15) is 5.75 Å². The van der Waals surface area contributed by atoms with Gasteiger partial charge in [0.15, 0.2) is 0 Å². The lowest BCUT2D eigenvalue weighted by Gasteiger charge is -2.36. The lowest BCUT2D eigenvalue weighted by molar-refractivity contribution is -0.118. The fourth-order valence-corrected chi connectivity index (χ4v) is 3.20. The van der Waals surface area contributed by atoms with Crippen LogP contribution in [0.15, 0.2) is 36.5 Å². The second-order valence-corrected chi connectivity index (χ2v) is 6.34. The Morgan fingerprint density at radius 3 is 2.68 bits per heavy atom. The molecule has 5 heteroatoms. The van der Waals surface area contributed by atoms with E-state index in [0.717, 1.165) is 36.9 Å². The summed E-state index contributed by atoms with van der Waals surface area (Å²) in [6.45, 7) is 0. The predicted molar refractivity (Wildman–Crippen MR) is 82.1 cm³/mol. The predicted octanol–water partition coefficient (Wildman–Crippen LogP) is 2.73. The number of hydrogen-bond donors (Lipinski definition) is 2. The van der Waals surface area contributed by atoms with Gasteiger partial charge in [-0.15, -0.1) is 0 Å². The molecule has 114 valence electrons. The van der Waals surface area contributed by atoms with Crippen molar-refractivity contribution in [2.75, 3.05) is 5.43 Å². The van der Waals surface area contributed by atoms with Crippen molar-refractivity contribution in [2.24, 2.45) is 5.92 Å². The summed E-state index contributed by atoms with van der Waals surface area (Å²) in [5.74, 6) is 1.38. The van der Waals surface area contributed by atoms with Crippen LogP contribution in [0, 0.1) is 5.92 Å². The van der Waals surface area contributed by atoms with Crippen molar-refractivity contribution in [3.8, 4) is 5.75 Å². The van der Waals surface area contributed by atoms with E-state index in [4.69, 9.17) is 0 Å². The Hall–Kier alpha value is -2.30. The molecule has 4 rings (SSSR count). The van der Waals surface area contributed by atoms with Gasteiger partial charge in [-0.1, -0.05) is 18.2 Å². The molecule has 22 heavy (non-hydrogen) atoms. The van der Waals surface area contributed by atoms with Crippen molar-refractivity contribution in [3.05, 3.63) is 47.8 Å². The number of nitrogens with one attached hydrogen (secondary N) is 1. The molecule has 2 aliphatic rings. The maximum atomic E-state index is 11.9. The van der Waals surface area contributed by atoms with Gasteiger partial charge < -0.3 is 5.11 Å². The average molecular weight is 297 g/mol. The molecule has 5 nitrogen and oxygen atoms in total. The van der Waals surface area contributed by atoms with Crippen molar-refractivity contribution in [2.45, 2.75) is 37.5 Å². The number of para-hydroxylation sites is 1. The van der Waals surface area contributed by atoms with E-state index in [9.17, 15) is 9.90 Å². The minimum atomic E-state index is 0.0709. The lowest BCUT2D eigenvalue weighted by atomic mass is 9.70. The number of rotatable bonds is 4. The number of phenols is 1. The number of carbonyl (C=O) groups is 1. The number of carbonyl (C=O) groups excluding carboxylic acids is 1. The van der Waals surface area contributed by atoms with E-state index >= 15 is 0 Å². The molecular weight excluding hydrogens is 278 g/mol. The van der Waals surface area contributed by atoms with Gasteiger partial charge in [0.05, 0.1) is 11.9 Å². The van der Waals surface area contributed by atoms with Crippen molar-refractivity contribution >= 4 is 5.91 Å². The summed E-state index contributed by atoms with van der Waals surface area (Å²) >= 11 is 0. The van der Waals surface area contributed by atoms with E-state index in [0.29, 0.717) is 17.6 Å². The maximum absolute atomic E-state index is 11.9. The summed E-state index contributed by atoms with van der Waals surface area (Å²) in [6, 6.07) is 9.50. The van der Waals surface area contributed by atoms with E-state index in [1.165, 1.54) is 0 Å². The standard InChI is InChI=1S/C17H19N3O2/c21-16-4-2-1-3-14(16)12-9-13(10-12)15-7-8-18-20(15)19-17(22)11-5-6-11/h1-4,7-8,11-13,21H,5-6,9-10H2,(H,19,22). The largest absolute Gasteiger partial charge is 0.508 e. The fourth-order valence-electron chi connectivity index (χ4n) is 3.20. The molecule has 1 amide bonds. The van der Waals surface area contributed by atoms with Crippen molar-refractivity contribution in [1.82, 2.24) is 9.89 Å². The molecule has 2 saturated carbocycles. The van der Waals surface area contributed by atoms with E-state index in [-0.39, 0.29) is 11.8 Å². The van der Waals surface area contributed by atoms with Crippen LogP contribution >= 0.6 is 0 Å². The minimum absolute atomic E-state index is 0.0709. The van der Waals surface area contributed by atoms with Gasteiger partial charge in [0, 0.05) is 11.8 Å². The highest BCUT2D eigenvalue weighted by molar-refractivity contribution is 5.87. The number of aromatic hydroxyl groups is 1. The molecule has 1 heterocycles. The number of benzene rings is 1. The Labute approximate surface area is 128 Å². The number of hydrogen-bond acceptors (Lipinski definition) is 3. The van der Waals surface area contributed by atoms with Gasteiger partial charge in [-0.3, -0.25) is 4.79 Å². The van der Waals surface area contributed by atoms with Crippen LogP contribution in [0.3, 0.4) is 0 Å². The van der Waals surface area contributed by atoms with Gasteiger partial charge in [-0.25, -0.2) is 5.43 Å². The van der Waals surface area contributed by atoms with Gasteiger partial charge >= 0.3 is 0 Å². The highest BCUT2D eigenvalue weighted by Crippen LogP contribution is 2.49. The summed E-state index contributed by atoms with van der Waals surface area (Å²) in [6.07, 6.45) is 5.66. The number of nitrogens with zero attached hydrogens (tertiary/aromatic N) is 2. The highest BCUT2D eigenvalue weighted by Gasteiger charge is 2.36. The Morgan fingerprint density at radius 2 is 1.95 bits per heavy atom. The third kappa shape index (κ3) is 2.36. The molecule has 0 atom stereocenters. The van der Waals surface area contributed by atoms with Crippen LogP contribution < -0.4 is 5.43 Å². The molecular formula is C17H19N3O2. The molecule has 1 aromatic heterocycles. The first-order valence-corrected chi connectivity index (χ1v) is 7.85. The summed E-state index contributed by atoms with van der Waals surface area (Å²) in [4.78, 5) is 13.5. The van der Waals surface area contributed by atoms with Gasteiger partial charge in [-0.05, 0) is 49.3 Å². The van der Waals surface area contributed by atoms with Gasteiger partial charge in [0.2, 0.25) is 5.91 Å². The Morgan fingerprint density at radius 1 is 1.18 bits per heavy atom. The molecule has 0 bridgehead atoms. The summed E-state index contributed by atoms with van der Waals surface area (Å²) in [7, 11) is 0. The molecule has 0 aliphatic heterocycles. The number of aromatic nitrogens is 2. The number of amides is 1. The van der Waals surface area contributed by atoms with Crippen molar-refractivity contribution < 1.29 is 9.90 Å². The summed E-state index contributed by atoms with van der Waals surface area (Å²) < 4.78 is 0. The first-order chi connectivity index (χ1) is 10.7. The van der Waals surface area contributed by atoms with Crippen LogP contribution in [0.2, 0.25) is 0 Å².